The summed E-state index contributed by atoms with van der Waals surface area (Å²) in [4.78, 5) is 12.5. The molecule has 0 radical (unpaired) electrons. The van der Waals surface area contributed by atoms with Gasteiger partial charge in [-0.05, 0) is 73.0 Å². The maximum Gasteiger partial charge on any atom is 0.254 e. The number of pyridine rings is 1. The normalized spacial score (nSPS) is 16.2. The van der Waals surface area contributed by atoms with Crippen LogP contribution in [0.25, 0.3) is 0 Å². The van der Waals surface area contributed by atoms with E-state index in [0.717, 1.165) is 3.57 Å². The Morgan fingerprint density at radius 2 is 1.97 bits per heavy atom. The first-order chi connectivity index (χ1) is 14.0. The van der Waals surface area contributed by atoms with E-state index >= 15 is 0 Å². The standard InChI is InChI=1S/C19H23ClIN3O5S/c1-11-7-16(23-30(28,29)19(5-6-19)9-13(26)10-25)17(24(2)18(11)27)22-15-4-3-12(21)8-14(15)20/h3-4,7-8,13,22-23,25-26H,5-6,9-10H2,1-2H3/t13-/m0/s1. The molecule has 4 N–H and O–H groups in total. The van der Waals surface area contributed by atoms with Crippen molar-refractivity contribution in [1.82, 2.24) is 4.57 Å². The highest BCUT2D eigenvalue weighted by atomic mass is 127. The number of aliphatic hydroxyl groups excluding tert-OH is 2. The van der Waals surface area contributed by atoms with Crippen LogP contribution in [0.5, 0.6) is 0 Å². The maximum atomic E-state index is 13.1. The maximum absolute atomic E-state index is 13.1. The van der Waals surface area contributed by atoms with Crippen molar-refractivity contribution in [2.24, 2.45) is 7.05 Å². The first-order valence-corrected chi connectivity index (χ1v) is 12.2. The van der Waals surface area contributed by atoms with Gasteiger partial charge in [-0.3, -0.25) is 14.1 Å². The molecule has 1 heterocycles. The van der Waals surface area contributed by atoms with Gasteiger partial charge >= 0.3 is 0 Å². The third kappa shape index (κ3) is 4.62. The Labute approximate surface area is 193 Å². The Morgan fingerprint density at radius 1 is 1.30 bits per heavy atom. The first-order valence-electron chi connectivity index (χ1n) is 9.24. The molecule has 0 bridgehead atoms. The van der Waals surface area contributed by atoms with Crippen LogP contribution in [0.2, 0.25) is 5.02 Å². The number of aryl methyl sites for hydroxylation is 1. The van der Waals surface area contributed by atoms with Gasteiger partial charge in [0.1, 0.15) is 5.82 Å². The van der Waals surface area contributed by atoms with Crippen LogP contribution in [0.1, 0.15) is 24.8 Å². The average Bonchev–Trinajstić information content (AvgIpc) is 3.45. The predicted molar refractivity (Wildman–Crippen MR) is 126 cm³/mol. The number of anilines is 3. The average molecular weight is 568 g/mol. The van der Waals surface area contributed by atoms with Gasteiger partial charge in [-0.15, -0.1) is 0 Å². The molecule has 1 fully saturated rings. The molecule has 0 unspecified atom stereocenters. The van der Waals surface area contributed by atoms with Crippen molar-refractivity contribution in [2.45, 2.75) is 37.0 Å². The summed E-state index contributed by atoms with van der Waals surface area (Å²) in [6, 6.07) is 6.80. The molecule has 0 aliphatic heterocycles. The lowest BCUT2D eigenvalue weighted by Gasteiger charge is -2.23. The molecule has 0 amide bonds. The second-order valence-corrected chi connectivity index (χ2v) is 11.3. The number of nitrogens with zero attached hydrogens (tertiary/aromatic N) is 1. The molecule has 0 spiro atoms. The molecule has 3 rings (SSSR count). The Balaban J connectivity index is 2.01. The van der Waals surface area contributed by atoms with E-state index in [4.69, 9.17) is 16.7 Å². The third-order valence-corrected chi connectivity index (χ3v) is 8.41. The van der Waals surface area contributed by atoms with Crippen molar-refractivity contribution in [3.63, 3.8) is 0 Å². The van der Waals surface area contributed by atoms with E-state index in [0.29, 0.717) is 29.1 Å². The lowest BCUT2D eigenvalue weighted by Crippen LogP contribution is -2.35. The Bertz CT molecular complexity index is 1130. The van der Waals surface area contributed by atoms with Gasteiger partial charge in [0, 0.05) is 16.2 Å². The van der Waals surface area contributed by atoms with Crippen molar-refractivity contribution in [3.8, 4) is 0 Å². The molecule has 1 aliphatic carbocycles. The molecule has 8 nitrogen and oxygen atoms in total. The summed E-state index contributed by atoms with van der Waals surface area (Å²) in [6.07, 6.45) is -0.407. The van der Waals surface area contributed by atoms with E-state index < -0.39 is 27.5 Å². The lowest BCUT2D eigenvalue weighted by molar-refractivity contribution is 0.0858. The van der Waals surface area contributed by atoms with Crippen LogP contribution in [0, 0.1) is 10.5 Å². The molecule has 30 heavy (non-hydrogen) atoms. The summed E-state index contributed by atoms with van der Waals surface area (Å²) in [7, 11) is -2.36. The molecule has 2 aromatic rings. The molecular formula is C19H23ClIN3O5S. The Hall–Kier alpha value is -1.34. The second-order valence-electron chi connectivity index (χ2n) is 7.53. The summed E-state index contributed by atoms with van der Waals surface area (Å²) in [5.74, 6) is 0.246. The van der Waals surface area contributed by atoms with E-state index in [2.05, 4.69) is 32.6 Å². The van der Waals surface area contributed by atoms with Crippen molar-refractivity contribution in [1.29, 1.82) is 0 Å². The van der Waals surface area contributed by atoms with Crippen LogP contribution in [-0.2, 0) is 17.1 Å². The molecule has 1 aromatic heterocycles. The number of benzene rings is 1. The molecule has 1 aliphatic rings. The number of aromatic nitrogens is 1. The van der Waals surface area contributed by atoms with Crippen LogP contribution in [0.3, 0.4) is 0 Å². The number of aliphatic hydroxyl groups is 2. The summed E-state index contributed by atoms with van der Waals surface area (Å²) in [6.45, 7) is 1.10. The molecule has 0 saturated heterocycles. The third-order valence-electron chi connectivity index (χ3n) is 5.22. The van der Waals surface area contributed by atoms with Crippen molar-refractivity contribution >= 4 is 61.4 Å². The number of sulfonamides is 1. The first kappa shape index (κ1) is 23.3. The number of halogens is 2. The van der Waals surface area contributed by atoms with E-state index in [1.165, 1.54) is 10.6 Å². The lowest BCUT2D eigenvalue weighted by atomic mass is 10.2. The van der Waals surface area contributed by atoms with Crippen LogP contribution >= 0.6 is 34.2 Å². The minimum Gasteiger partial charge on any atom is -0.394 e. The van der Waals surface area contributed by atoms with Gasteiger partial charge in [-0.2, -0.15) is 0 Å². The van der Waals surface area contributed by atoms with Gasteiger partial charge in [0.15, 0.2) is 0 Å². The van der Waals surface area contributed by atoms with E-state index in [1.807, 2.05) is 6.07 Å². The largest absolute Gasteiger partial charge is 0.394 e. The van der Waals surface area contributed by atoms with Crippen LogP contribution < -0.4 is 15.6 Å². The van der Waals surface area contributed by atoms with E-state index in [-0.39, 0.29) is 23.5 Å². The number of hydrogen-bond acceptors (Lipinski definition) is 6. The quantitative estimate of drug-likeness (QED) is 0.364. The Kier molecular flexibility index (Phi) is 6.73. The van der Waals surface area contributed by atoms with Gasteiger partial charge in [-0.1, -0.05) is 11.6 Å². The zero-order valence-corrected chi connectivity index (χ0v) is 20.2. The van der Waals surface area contributed by atoms with E-state index in [1.54, 1.807) is 26.1 Å². The molecule has 1 atom stereocenters. The van der Waals surface area contributed by atoms with Crippen molar-refractivity contribution in [3.05, 3.63) is 48.8 Å². The second kappa shape index (κ2) is 8.65. The smallest absolute Gasteiger partial charge is 0.254 e. The minimum atomic E-state index is -3.90. The molecular weight excluding hydrogens is 545 g/mol. The fourth-order valence-corrected chi connectivity index (χ4v) is 5.93. The van der Waals surface area contributed by atoms with Crippen molar-refractivity contribution in [2.75, 3.05) is 16.6 Å². The van der Waals surface area contributed by atoms with Gasteiger partial charge < -0.3 is 15.5 Å². The highest BCUT2D eigenvalue weighted by Crippen LogP contribution is 2.48. The fraction of sp³-hybridized carbons (Fsp3) is 0.421. The number of hydrogen-bond donors (Lipinski definition) is 4. The highest BCUT2D eigenvalue weighted by Gasteiger charge is 2.55. The van der Waals surface area contributed by atoms with Gasteiger partial charge in [0.25, 0.3) is 5.56 Å². The minimum absolute atomic E-state index is 0.0602. The molecule has 1 aromatic carbocycles. The zero-order valence-electron chi connectivity index (χ0n) is 16.4. The van der Waals surface area contributed by atoms with Gasteiger partial charge in [-0.25, -0.2) is 8.42 Å². The SMILES string of the molecule is Cc1cc(NS(=O)(=O)C2(C[C@H](O)CO)CC2)c(Nc2ccc(I)cc2Cl)n(C)c1=O. The van der Waals surface area contributed by atoms with Gasteiger partial charge in [0.05, 0.1) is 33.9 Å². The van der Waals surface area contributed by atoms with Gasteiger partial charge in [0.2, 0.25) is 10.0 Å². The zero-order chi connectivity index (χ0) is 22.3. The van der Waals surface area contributed by atoms with E-state index in [9.17, 15) is 18.3 Å². The van der Waals surface area contributed by atoms with Crippen LogP contribution in [0.15, 0.2) is 29.1 Å². The van der Waals surface area contributed by atoms with Crippen LogP contribution in [0.4, 0.5) is 17.2 Å². The Morgan fingerprint density at radius 3 is 2.53 bits per heavy atom. The summed E-state index contributed by atoms with van der Waals surface area (Å²) in [5.41, 5.74) is 0.816. The number of rotatable bonds is 8. The number of nitrogens with one attached hydrogen (secondary N) is 2. The highest BCUT2D eigenvalue weighted by molar-refractivity contribution is 14.1. The summed E-state index contributed by atoms with van der Waals surface area (Å²) >= 11 is 8.42. The fourth-order valence-electron chi connectivity index (χ4n) is 3.31. The van der Waals surface area contributed by atoms with Crippen LogP contribution in [-0.4, -0.2) is 40.7 Å². The topological polar surface area (TPSA) is 121 Å². The predicted octanol–water partition coefficient (Wildman–Crippen LogP) is 2.71. The summed E-state index contributed by atoms with van der Waals surface area (Å²) < 4.78 is 29.9. The molecule has 164 valence electrons. The monoisotopic (exact) mass is 567 g/mol. The summed E-state index contributed by atoms with van der Waals surface area (Å²) in [5, 5.41) is 22.4. The molecule has 1 saturated carbocycles. The van der Waals surface area contributed by atoms with Crippen molar-refractivity contribution < 1.29 is 18.6 Å². The molecule has 11 heteroatoms.